The van der Waals surface area contributed by atoms with E-state index in [1.54, 1.807) is 11.8 Å². The van der Waals surface area contributed by atoms with Crippen LogP contribution in [0.25, 0.3) is 0 Å². The van der Waals surface area contributed by atoms with E-state index >= 15 is 0 Å². The Balaban J connectivity index is 2.81. The molecule has 0 aromatic heterocycles. The SMILES string of the molecule is CCOc1ccc(SC(C)(C)CN)cc1C. The number of hydrogen-bond acceptors (Lipinski definition) is 3. The number of hydrogen-bond donors (Lipinski definition) is 1. The van der Waals surface area contributed by atoms with Crippen LogP contribution in [0.5, 0.6) is 5.75 Å². The minimum atomic E-state index is 0.0829. The first-order valence-corrected chi connectivity index (χ1v) is 6.42. The van der Waals surface area contributed by atoms with Crippen LogP contribution in [-0.2, 0) is 0 Å². The van der Waals surface area contributed by atoms with Crippen molar-refractivity contribution >= 4 is 11.8 Å². The maximum absolute atomic E-state index is 5.72. The molecule has 0 amide bonds. The maximum Gasteiger partial charge on any atom is 0.122 e. The summed E-state index contributed by atoms with van der Waals surface area (Å²) in [6.45, 7) is 9.77. The zero-order valence-corrected chi connectivity index (χ0v) is 11.4. The van der Waals surface area contributed by atoms with E-state index in [4.69, 9.17) is 10.5 Å². The zero-order chi connectivity index (χ0) is 12.2. The molecule has 0 radical (unpaired) electrons. The van der Waals surface area contributed by atoms with Gasteiger partial charge in [-0.2, -0.15) is 0 Å². The highest BCUT2D eigenvalue weighted by Crippen LogP contribution is 2.33. The minimum Gasteiger partial charge on any atom is -0.494 e. The third-order valence-electron chi connectivity index (χ3n) is 2.33. The van der Waals surface area contributed by atoms with E-state index < -0.39 is 0 Å². The van der Waals surface area contributed by atoms with Crippen molar-refractivity contribution in [2.45, 2.75) is 37.3 Å². The zero-order valence-electron chi connectivity index (χ0n) is 10.5. The van der Waals surface area contributed by atoms with E-state index in [1.807, 2.05) is 13.0 Å². The molecule has 0 aliphatic rings. The van der Waals surface area contributed by atoms with Gasteiger partial charge in [0.25, 0.3) is 0 Å². The monoisotopic (exact) mass is 239 g/mol. The van der Waals surface area contributed by atoms with Crippen LogP contribution >= 0.6 is 11.8 Å². The largest absolute Gasteiger partial charge is 0.494 e. The van der Waals surface area contributed by atoms with Crippen LogP contribution in [0.3, 0.4) is 0 Å². The molecule has 0 aliphatic carbocycles. The second-order valence-electron chi connectivity index (χ2n) is 4.43. The van der Waals surface area contributed by atoms with Crippen LogP contribution in [0, 0.1) is 6.92 Å². The summed E-state index contributed by atoms with van der Waals surface area (Å²) in [5.74, 6) is 0.970. The molecule has 1 rings (SSSR count). The summed E-state index contributed by atoms with van der Waals surface area (Å²) in [5.41, 5.74) is 6.90. The second-order valence-corrected chi connectivity index (χ2v) is 6.21. The van der Waals surface area contributed by atoms with Crippen LogP contribution in [0.4, 0.5) is 0 Å². The van der Waals surface area contributed by atoms with Gasteiger partial charge in [-0.1, -0.05) is 0 Å². The number of nitrogens with two attached hydrogens (primary N) is 1. The lowest BCUT2D eigenvalue weighted by molar-refractivity contribution is 0.337. The van der Waals surface area contributed by atoms with E-state index in [1.165, 1.54) is 10.5 Å². The molecule has 0 atom stereocenters. The summed E-state index contributed by atoms with van der Waals surface area (Å²) < 4.78 is 5.60. The third kappa shape index (κ3) is 3.72. The number of thioether (sulfide) groups is 1. The van der Waals surface area contributed by atoms with Crippen molar-refractivity contribution < 1.29 is 4.74 Å². The Morgan fingerprint density at radius 1 is 1.38 bits per heavy atom. The van der Waals surface area contributed by atoms with Gasteiger partial charge >= 0.3 is 0 Å². The van der Waals surface area contributed by atoms with Gasteiger partial charge < -0.3 is 10.5 Å². The Labute approximate surface area is 103 Å². The molecule has 90 valence electrons. The second kappa shape index (κ2) is 5.60. The molecule has 3 heteroatoms. The van der Waals surface area contributed by atoms with Crippen LogP contribution in [0.2, 0.25) is 0 Å². The molecule has 16 heavy (non-hydrogen) atoms. The van der Waals surface area contributed by atoms with Crippen LogP contribution < -0.4 is 10.5 Å². The summed E-state index contributed by atoms with van der Waals surface area (Å²) in [4.78, 5) is 1.25. The fourth-order valence-corrected chi connectivity index (χ4v) is 2.46. The Kier molecular flexibility index (Phi) is 4.69. The fourth-order valence-electron chi connectivity index (χ4n) is 1.36. The highest BCUT2D eigenvalue weighted by Gasteiger charge is 2.17. The maximum atomic E-state index is 5.72. The summed E-state index contributed by atoms with van der Waals surface area (Å²) in [5, 5.41) is 0. The molecule has 0 unspecified atom stereocenters. The molecular weight excluding hydrogens is 218 g/mol. The van der Waals surface area contributed by atoms with Gasteiger partial charge in [-0.15, -0.1) is 11.8 Å². The van der Waals surface area contributed by atoms with Gasteiger partial charge in [0, 0.05) is 16.2 Å². The van der Waals surface area contributed by atoms with Gasteiger partial charge in [0.05, 0.1) is 6.61 Å². The standard InChI is InChI=1S/C13H21NOS/c1-5-15-12-7-6-11(8-10(12)2)16-13(3,4)9-14/h6-8H,5,9,14H2,1-4H3. The summed E-state index contributed by atoms with van der Waals surface area (Å²) >= 11 is 1.81. The normalized spacial score (nSPS) is 11.6. The third-order valence-corrected chi connectivity index (χ3v) is 3.54. The number of rotatable bonds is 5. The first-order valence-electron chi connectivity index (χ1n) is 5.61. The molecule has 0 bridgehead atoms. The van der Waals surface area contributed by atoms with Crippen molar-refractivity contribution in [2.24, 2.45) is 5.73 Å². The molecule has 0 saturated heterocycles. The van der Waals surface area contributed by atoms with Gasteiger partial charge in [0.2, 0.25) is 0 Å². The number of benzene rings is 1. The lowest BCUT2D eigenvalue weighted by Crippen LogP contribution is -2.26. The van der Waals surface area contributed by atoms with Gasteiger partial charge in [-0.25, -0.2) is 0 Å². The Morgan fingerprint density at radius 3 is 2.56 bits per heavy atom. The predicted molar refractivity (Wildman–Crippen MR) is 71.3 cm³/mol. The van der Waals surface area contributed by atoms with E-state index in [-0.39, 0.29) is 4.75 Å². The lowest BCUT2D eigenvalue weighted by atomic mass is 10.2. The summed E-state index contributed by atoms with van der Waals surface area (Å²) in [7, 11) is 0. The van der Waals surface area contributed by atoms with Crippen LogP contribution in [-0.4, -0.2) is 17.9 Å². The van der Waals surface area contributed by atoms with Crippen molar-refractivity contribution in [3.63, 3.8) is 0 Å². The molecular formula is C13H21NOS. The van der Waals surface area contributed by atoms with Gasteiger partial charge in [0.15, 0.2) is 0 Å². The number of ether oxygens (including phenoxy) is 1. The van der Waals surface area contributed by atoms with Crippen molar-refractivity contribution in [3.05, 3.63) is 23.8 Å². The van der Waals surface area contributed by atoms with Crippen molar-refractivity contribution in [1.82, 2.24) is 0 Å². The molecule has 0 fully saturated rings. The van der Waals surface area contributed by atoms with Gasteiger partial charge in [-0.05, 0) is 51.5 Å². The van der Waals surface area contributed by atoms with E-state index in [9.17, 15) is 0 Å². The van der Waals surface area contributed by atoms with Crippen molar-refractivity contribution in [1.29, 1.82) is 0 Å². The lowest BCUT2D eigenvalue weighted by Gasteiger charge is -2.22. The molecule has 2 N–H and O–H groups in total. The average Bonchev–Trinajstić information content (AvgIpc) is 2.22. The number of aryl methyl sites for hydroxylation is 1. The smallest absolute Gasteiger partial charge is 0.122 e. The fraction of sp³-hybridized carbons (Fsp3) is 0.538. The molecule has 0 heterocycles. The first kappa shape index (κ1) is 13.4. The predicted octanol–water partition coefficient (Wildman–Crippen LogP) is 3.22. The van der Waals surface area contributed by atoms with E-state index in [2.05, 4.69) is 32.9 Å². The van der Waals surface area contributed by atoms with Crippen molar-refractivity contribution in [2.75, 3.05) is 13.2 Å². The molecule has 0 spiro atoms. The van der Waals surface area contributed by atoms with Gasteiger partial charge in [0.1, 0.15) is 5.75 Å². The molecule has 1 aromatic carbocycles. The summed E-state index contributed by atoms with van der Waals surface area (Å²) in [6, 6.07) is 6.29. The molecule has 2 nitrogen and oxygen atoms in total. The van der Waals surface area contributed by atoms with Crippen LogP contribution in [0.1, 0.15) is 26.3 Å². The van der Waals surface area contributed by atoms with E-state index in [0.717, 1.165) is 5.75 Å². The Morgan fingerprint density at radius 2 is 2.06 bits per heavy atom. The summed E-state index contributed by atoms with van der Waals surface area (Å²) in [6.07, 6.45) is 0. The first-order chi connectivity index (χ1) is 7.48. The molecule has 0 aliphatic heterocycles. The topological polar surface area (TPSA) is 35.2 Å². The van der Waals surface area contributed by atoms with E-state index in [0.29, 0.717) is 13.2 Å². The molecule has 1 aromatic rings. The highest BCUT2D eigenvalue weighted by molar-refractivity contribution is 8.00. The minimum absolute atomic E-state index is 0.0829. The van der Waals surface area contributed by atoms with Gasteiger partial charge in [-0.3, -0.25) is 0 Å². The quantitative estimate of drug-likeness (QED) is 0.801. The Hall–Kier alpha value is -0.670. The average molecular weight is 239 g/mol. The molecule has 0 saturated carbocycles. The van der Waals surface area contributed by atoms with Crippen molar-refractivity contribution in [3.8, 4) is 5.75 Å². The van der Waals surface area contributed by atoms with Crippen LogP contribution in [0.15, 0.2) is 23.1 Å². The highest BCUT2D eigenvalue weighted by atomic mass is 32.2. The Bertz CT molecular complexity index is 350.